The van der Waals surface area contributed by atoms with Crippen LogP contribution in [0.1, 0.15) is 31.5 Å². The second-order valence-corrected chi connectivity index (χ2v) is 6.62. The van der Waals surface area contributed by atoms with Crippen molar-refractivity contribution in [3.05, 3.63) is 34.5 Å². The molecule has 120 valence electrons. The molecule has 0 spiro atoms. The maximum atomic E-state index is 4.27. The lowest BCUT2D eigenvalue weighted by Gasteiger charge is -2.25. The molecule has 0 fully saturated rings. The summed E-state index contributed by atoms with van der Waals surface area (Å²) in [4.78, 5) is 5.63. The first-order chi connectivity index (χ1) is 10.6. The molecule has 0 unspecified atom stereocenters. The van der Waals surface area contributed by atoms with E-state index in [9.17, 15) is 0 Å². The quantitative estimate of drug-likeness (QED) is 0.631. The number of aromatic nitrogens is 3. The van der Waals surface area contributed by atoms with Gasteiger partial charge in [-0.2, -0.15) is 0 Å². The minimum absolute atomic E-state index is 0.0647. The van der Waals surface area contributed by atoms with E-state index < -0.39 is 0 Å². The first kappa shape index (κ1) is 16.5. The zero-order chi connectivity index (χ0) is 16.0. The van der Waals surface area contributed by atoms with Crippen molar-refractivity contribution in [2.75, 3.05) is 13.6 Å². The number of hydrogen-bond donors (Lipinski definition) is 2. The van der Waals surface area contributed by atoms with Crippen LogP contribution >= 0.6 is 11.3 Å². The number of nitrogens with zero attached hydrogens (tertiary/aromatic N) is 4. The van der Waals surface area contributed by atoms with Gasteiger partial charge in [-0.05, 0) is 18.4 Å². The van der Waals surface area contributed by atoms with Crippen LogP contribution in [0.25, 0.3) is 0 Å². The molecule has 0 saturated heterocycles. The number of aliphatic imine (C=N–C) groups is 1. The smallest absolute Gasteiger partial charge is 0.191 e. The Morgan fingerprint density at radius 1 is 1.41 bits per heavy atom. The standard InChI is InChI=1S/C15H24N6S/c1-5-21-11-19-20-13(21)9-17-14(16-4)18-10-15(2,3)12-7-6-8-22-12/h6-8,11H,5,9-10H2,1-4H3,(H2,16,17,18). The topological polar surface area (TPSA) is 67.1 Å². The van der Waals surface area contributed by atoms with Crippen LogP contribution in [0.3, 0.4) is 0 Å². The summed E-state index contributed by atoms with van der Waals surface area (Å²) in [6.07, 6.45) is 1.74. The average molecular weight is 320 g/mol. The molecule has 0 bridgehead atoms. The van der Waals surface area contributed by atoms with Gasteiger partial charge in [0.05, 0.1) is 6.54 Å². The van der Waals surface area contributed by atoms with E-state index >= 15 is 0 Å². The van der Waals surface area contributed by atoms with E-state index in [-0.39, 0.29) is 5.41 Å². The van der Waals surface area contributed by atoms with Gasteiger partial charge in [-0.3, -0.25) is 4.99 Å². The van der Waals surface area contributed by atoms with Crippen LogP contribution < -0.4 is 10.6 Å². The second-order valence-electron chi connectivity index (χ2n) is 5.67. The van der Waals surface area contributed by atoms with E-state index in [2.05, 4.69) is 64.1 Å². The summed E-state index contributed by atoms with van der Waals surface area (Å²) in [7, 11) is 1.78. The van der Waals surface area contributed by atoms with Crippen LogP contribution in [0, 0.1) is 0 Å². The number of aryl methyl sites for hydroxylation is 1. The Kier molecular flexibility index (Phi) is 5.54. The Morgan fingerprint density at radius 2 is 2.23 bits per heavy atom. The number of nitrogens with one attached hydrogen (secondary N) is 2. The van der Waals surface area contributed by atoms with Gasteiger partial charge in [-0.25, -0.2) is 0 Å². The van der Waals surface area contributed by atoms with Crippen LogP contribution in [0.2, 0.25) is 0 Å². The van der Waals surface area contributed by atoms with E-state index in [1.165, 1.54) is 4.88 Å². The number of rotatable bonds is 6. The third-order valence-electron chi connectivity index (χ3n) is 3.56. The molecule has 0 aromatic carbocycles. The van der Waals surface area contributed by atoms with Crippen LogP contribution in [-0.4, -0.2) is 34.3 Å². The van der Waals surface area contributed by atoms with Gasteiger partial charge in [0, 0.05) is 30.4 Å². The van der Waals surface area contributed by atoms with Crippen molar-refractivity contribution < 1.29 is 0 Å². The van der Waals surface area contributed by atoms with Crippen LogP contribution in [0.15, 0.2) is 28.8 Å². The summed E-state index contributed by atoms with van der Waals surface area (Å²) >= 11 is 1.78. The fraction of sp³-hybridized carbons (Fsp3) is 0.533. The molecular formula is C15H24N6S. The van der Waals surface area contributed by atoms with Crippen LogP contribution in [-0.2, 0) is 18.5 Å². The molecule has 0 aliphatic carbocycles. The Balaban J connectivity index is 1.88. The first-order valence-corrected chi connectivity index (χ1v) is 8.30. The van der Waals surface area contributed by atoms with Gasteiger partial charge in [0.25, 0.3) is 0 Å². The molecule has 2 N–H and O–H groups in total. The molecule has 0 aliphatic rings. The van der Waals surface area contributed by atoms with Crippen LogP contribution in [0.5, 0.6) is 0 Å². The number of hydrogen-bond acceptors (Lipinski definition) is 4. The van der Waals surface area contributed by atoms with Crippen molar-refractivity contribution in [3.8, 4) is 0 Å². The molecule has 0 amide bonds. The molecule has 22 heavy (non-hydrogen) atoms. The van der Waals surface area contributed by atoms with Crippen molar-refractivity contribution >= 4 is 17.3 Å². The molecule has 2 aromatic heterocycles. The monoisotopic (exact) mass is 320 g/mol. The zero-order valence-corrected chi connectivity index (χ0v) is 14.4. The highest BCUT2D eigenvalue weighted by atomic mass is 32.1. The van der Waals surface area contributed by atoms with Gasteiger partial charge < -0.3 is 15.2 Å². The van der Waals surface area contributed by atoms with Crippen LogP contribution in [0.4, 0.5) is 0 Å². The van der Waals surface area contributed by atoms with E-state index in [0.29, 0.717) is 6.54 Å². The van der Waals surface area contributed by atoms with Crippen molar-refractivity contribution in [2.24, 2.45) is 4.99 Å². The summed E-state index contributed by atoms with van der Waals surface area (Å²) in [5.74, 6) is 1.68. The lowest BCUT2D eigenvalue weighted by Crippen LogP contribution is -2.43. The summed E-state index contributed by atoms with van der Waals surface area (Å²) in [6.45, 7) is 8.81. The third kappa shape index (κ3) is 4.07. The maximum absolute atomic E-state index is 4.27. The molecule has 0 saturated carbocycles. The van der Waals surface area contributed by atoms with Crippen molar-refractivity contribution in [2.45, 2.75) is 39.3 Å². The van der Waals surface area contributed by atoms with Gasteiger partial charge >= 0.3 is 0 Å². The van der Waals surface area contributed by atoms with Gasteiger partial charge in [0.1, 0.15) is 6.33 Å². The highest BCUT2D eigenvalue weighted by Gasteiger charge is 2.21. The Bertz CT molecular complexity index is 599. The van der Waals surface area contributed by atoms with E-state index in [1.54, 1.807) is 24.7 Å². The normalized spacial score (nSPS) is 12.5. The summed E-state index contributed by atoms with van der Waals surface area (Å²) < 4.78 is 2.01. The Morgan fingerprint density at radius 3 is 2.86 bits per heavy atom. The van der Waals surface area contributed by atoms with Crippen molar-refractivity contribution in [3.63, 3.8) is 0 Å². The lowest BCUT2D eigenvalue weighted by molar-refractivity contribution is 0.517. The molecule has 2 rings (SSSR count). The van der Waals surface area contributed by atoms with E-state index in [0.717, 1.165) is 24.9 Å². The molecule has 0 radical (unpaired) electrons. The minimum atomic E-state index is 0.0647. The van der Waals surface area contributed by atoms with Gasteiger partial charge in [-0.15, -0.1) is 21.5 Å². The first-order valence-electron chi connectivity index (χ1n) is 7.42. The Hall–Kier alpha value is -1.89. The molecule has 6 nitrogen and oxygen atoms in total. The fourth-order valence-electron chi connectivity index (χ4n) is 2.12. The fourth-order valence-corrected chi connectivity index (χ4v) is 2.97. The molecule has 2 aromatic rings. The maximum Gasteiger partial charge on any atom is 0.191 e. The molecule has 2 heterocycles. The highest BCUT2D eigenvalue weighted by molar-refractivity contribution is 7.10. The number of guanidine groups is 1. The lowest BCUT2D eigenvalue weighted by atomic mass is 9.91. The molecular weight excluding hydrogens is 296 g/mol. The summed E-state index contributed by atoms with van der Waals surface area (Å²) in [5, 5.41) is 16.8. The van der Waals surface area contributed by atoms with E-state index in [1.807, 2.05) is 4.57 Å². The molecule has 7 heteroatoms. The third-order valence-corrected chi connectivity index (χ3v) is 4.80. The second kappa shape index (κ2) is 7.40. The number of thiophene rings is 1. The zero-order valence-electron chi connectivity index (χ0n) is 13.6. The van der Waals surface area contributed by atoms with Gasteiger partial charge in [0.15, 0.2) is 11.8 Å². The van der Waals surface area contributed by atoms with Crippen molar-refractivity contribution in [1.29, 1.82) is 0 Å². The minimum Gasteiger partial charge on any atom is -0.356 e. The summed E-state index contributed by atoms with van der Waals surface area (Å²) in [5.41, 5.74) is 0.0647. The predicted molar refractivity (Wildman–Crippen MR) is 91.2 cm³/mol. The van der Waals surface area contributed by atoms with Gasteiger partial charge in [0.2, 0.25) is 0 Å². The molecule has 0 aliphatic heterocycles. The van der Waals surface area contributed by atoms with Gasteiger partial charge in [-0.1, -0.05) is 19.9 Å². The SMILES string of the molecule is CCn1cnnc1CNC(=NC)NCC(C)(C)c1cccs1. The van der Waals surface area contributed by atoms with E-state index in [4.69, 9.17) is 0 Å². The average Bonchev–Trinajstić information content (AvgIpc) is 3.18. The largest absolute Gasteiger partial charge is 0.356 e. The molecule has 0 atom stereocenters. The predicted octanol–water partition coefficient (Wildman–Crippen LogP) is 2.00. The van der Waals surface area contributed by atoms with Crippen molar-refractivity contribution in [1.82, 2.24) is 25.4 Å². The summed E-state index contributed by atoms with van der Waals surface area (Å²) in [6, 6.07) is 4.26. The Labute approximate surface area is 135 Å². The highest BCUT2D eigenvalue weighted by Crippen LogP contribution is 2.26.